The monoisotopic (exact) mass is 205 g/mol. The summed E-state index contributed by atoms with van der Waals surface area (Å²) in [5.74, 6) is 6.13. The summed E-state index contributed by atoms with van der Waals surface area (Å²) in [6.07, 6.45) is 2.31. The van der Waals surface area contributed by atoms with Crippen molar-refractivity contribution in [3.63, 3.8) is 0 Å². The molecule has 1 aliphatic heterocycles. The topological polar surface area (TPSA) is 32.5 Å². The van der Waals surface area contributed by atoms with Crippen molar-refractivity contribution < 1.29 is 0 Å². The molecule has 0 aromatic heterocycles. The number of hydrazine groups is 1. The first-order valence-corrected chi connectivity index (χ1v) is 5.55. The Hall–Kier alpha value is -1.06. The second-order valence-electron chi connectivity index (χ2n) is 4.28. The maximum atomic E-state index is 6.13. The van der Waals surface area contributed by atoms with E-state index in [0.717, 1.165) is 31.6 Å². The molecule has 1 aliphatic rings. The van der Waals surface area contributed by atoms with Crippen LogP contribution in [-0.2, 0) is 0 Å². The predicted molar refractivity (Wildman–Crippen MR) is 63.6 cm³/mol. The number of anilines is 1. The molecular weight excluding hydrogens is 186 g/mol. The number of nitrogens with zero attached hydrogens (tertiary/aromatic N) is 2. The van der Waals surface area contributed by atoms with E-state index >= 15 is 0 Å². The number of rotatable bonds is 2. The molecule has 1 saturated heterocycles. The third kappa shape index (κ3) is 2.49. The first-order valence-electron chi connectivity index (χ1n) is 5.55. The highest BCUT2D eigenvalue weighted by Gasteiger charge is 2.21. The Labute approximate surface area is 91.4 Å². The Morgan fingerprint density at radius 3 is 2.40 bits per heavy atom. The van der Waals surface area contributed by atoms with Gasteiger partial charge < -0.3 is 9.91 Å². The summed E-state index contributed by atoms with van der Waals surface area (Å²) < 4.78 is 0. The van der Waals surface area contributed by atoms with Crippen LogP contribution in [0.1, 0.15) is 12.8 Å². The van der Waals surface area contributed by atoms with Gasteiger partial charge in [0.2, 0.25) is 0 Å². The van der Waals surface area contributed by atoms with E-state index in [1.54, 1.807) is 0 Å². The molecule has 3 heteroatoms. The average molecular weight is 205 g/mol. The Kier molecular flexibility index (Phi) is 3.23. The van der Waals surface area contributed by atoms with Gasteiger partial charge in [0.05, 0.1) is 5.69 Å². The van der Waals surface area contributed by atoms with Crippen molar-refractivity contribution in [2.24, 2.45) is 5.84 Å². The van der Waals surface area contributed by atoms with Gasteiger partial charge in [-0.1, -0.05) is 18.2 Å². The normalized spacial score (nSPS) is 19.1. The zero-order chi connectivity index (χ0) is 10.7. The third-order valence-electron chi connectivity index (χ3n) is 3.14. The fraction of sp³-hybridized carbons (Fsp3) is 0.500. The van der Waals surface area contributed by atoms with Crippen LogP contribution in [0, 0.1) is 0 Å². The van der Waals surface area contributed by atoms with E-state index in [0.29, 0.717) is 6.04 Å². The molecule has 0 aliphatic carbocycles. The fourth-order valence-corrected chi connectivity index (χ4v) is 2.08. The van der Waals surface area contributed by atoms with Gasteiger partial charge in [-0.15, -0.1) is 0 Å². The summed E-state index contributed by atoms with van der Waals surface area (Å²) in [5, 5.41) is 1.92. The maximum absolute atomic E-state index is 6.13. The van der Waals surface area contributed by atoms with Gasteiger partial charge in [-0.3, -0.25) is 0 Å². The van der Waals surface area contributed by atoms with Gasteiger partial charge in [0.15, 0.2) is 0 Å². The van der Waals surface area contributed by atoms with E-state index in [2.05, 4.69) is 24.1 Å². The maximum Gasteiger partial charge on any atom is 0.0520 e. The standard InChI is InChI=1S/C12H19N3/c1-14-9-7-12(8-10-14)15(13)11-5-3-2-4-6-11/h2-6,12H,7-10,13H2,1H3. The molecule has 15 heavy (non-hydrogen) atoms. The number of nitrogens with two attached hydrogens (primary N) is 1. The van der Waals surface area contributed by atoms with Gasteiger partial charge in [0, 0.05) is 6.04 Å². The lowest BCUT2D eigenvalue weighted by Gasteiger charge is -2.35. The van der Waals surface area contributed by atoms with Crippen molar-refractivity contribution in [1.82, 2.24) is 4.90 Å². The van der Waals surface area contributed by atoms with Crippen molar-refractivity contribution in [2.75, 3.05) is 25.1 Å². The lowest BCUT2D eigenvalue weighted by Crippen LogP contribution is -2.47. The molecule has 3 nitrogen and oxygen atoms in total. The van der Waals surface area contributed by atoms with Crippen LogP contribution in [0.3, 0.4) is 0 Å². The summed E-state index contributed by atoms with van der Waals surface area (Å²) in [6.45, 7) is 2.29. The molecule has 2 N–H and O–H groups in total. The van der Waals surface area contributed by atoms with Crippen molar-refractivity contribution in [3.8, 4) is 0 Å². The largest absolute Gasteiger partial charge is 0.308 e. The first-order chi connectivity index (χ1) is 7.27. The molecule has 1 fully saturated rings. The quantitative estimate of drug-likeness (QED) is 0.586. The minimum Gasteiger partial charge on any atom is -0.308 e. The van der Waals surface area contributed by atoms with Crippen LogP contribution in [0.2, 0.25) is 0 Å². The van der Waals surface area contributed by atoms with E-state index in [-0.39, 0.29) is 0 Å². The highest BCUT2D eigenvalue weighted by atomic mass is 15.4. The van der Waals surface area contributed by atoms with Gasteiger partial charge in [-0.2, -0.15) is 0 Å². The molecule has 1 aromatic rings. The number of hydrogen-bond donors (Lipinski definition) is 1. The molecule has 0 radical (unpaired) electrons. The lowest BCUT2D eigenvalue weighted by atomic mass is 10.0. The summed E-state index contributed by atoms with van der Waals surface area (Å²) >= 11 is 0. The van der Waals surface area contributed by atoms with Crippen LogP contribution in [0.4, 0.5) is 5.69 Å². The van der Waals surface area contributed by atoms with E-state index in [4.69, 9.17) is 5.84 Å². The first kappa shape index (κ1) is 10.5. The minimum absolute atomic E-state index is 0.489. The van der Waals surface area contributed by atoms with E-state index in [1.807, 2.05) is 23.2 Å². The molecule has 0 amide bonds. The van der Waals surface area contributed by atoms with Crippen molar-refractivity contribution in [1.29, 1.82) is 0 Å². The highest BCUT2D eigenvalue weighted by Crippen LogP contribution is 2.19. The van der Waals surface area contributed by atoms with Crippen molar-refractivity contribution in [3.05, 3.63) is 30.3 Å². The Bertz CT molecular complexity index is 291. The molecule has 0 bridgehead atoms. The van der Waals surface area contributed by atoms with Crippen LogP contribution in [0.25, 0.3) is 0 Å². The van der Waals surface area contributed by atoms with Crippen molar-refractivity contribution >= 4 is 5.69 Å². The molecule has 82 valence electrons. The lowest BCUT2D eigenvalue weighted by molar-refractivity contribution is 0.250. The molecule has 0 unspecified atom stereocenters. The van der Waals surface area contributed by atoms with Gasteiger partial charge in [0.1, 0.15) is 0 Å². The molecule has 1 aromatic carbocycles. The van der Waals surface area contributed by atoms with Gasteiger partial charge in [0.25, 0.3) is 0 Å². The molecule has 1 heterocycles. The summed E-state index contributed by atoms with van der Waals surface area (Å²) in [5.41, 5.74) is 1.12. The molecule has 0 saturated carbocycles. The molecular formula is C12H19N3. The van der Waals surface area contributed by atoms with Crippen LogP contribution < -0.4 is 10.9 Å². The summed E-state index contributed by atoms with van der Waals surface area (Å²) in [6, 6.07) is 10.7. The number of piperidine rings is 1. The molecule has 2 rings (SSSR count). The third-order valence-corrected chi connectivity index (χ3v) is 3.14. The average Bonchev–Trinajstić information content (AvgIpc) is 2.30. The second-order valence-corrected chi connectivity index (χ2v) is 4.28. The van der Waals surface area contributed by atoms with Gasteiger partial charge in [-0.25, -0.2) is 5.84 Å². The Morgan fingerprint density at radius 1 is 1.20 bits per heavy atom. The van der Waals surface area contributed by atoms with Gasteiger partial charge >= 0.3 is 0 Å². The zero-order valence-corrected chi connectivity index (χ0v) is 9.26. The van der Waals surface area contributed by atoms with Crippen LogP contribution in [0.5, 0.6) is 0 Å². The highest BCUT2D eigenvalue weighted by molar-refractivity contribution is 5.45. The van der Waals surface area contributed by atoms with Gasteiger partial charge in [-0.05, 0) is 45.1 Å². The van der Waals surface area contributed by atoms with Crippen LogP contribution in [-0.4, -0.2) is 31.1 Å². The zero-order valence-electron chi connectivity index (χ0n) is 9.26. The van der Waals surface area contributed by atoms with E-state index < -0.39 is 0 Å². The Morgan fingerprint density at radius 2 is 1.80 bits per heavy atom. The number of hydrogen-bond acceptors (Lipinski definition) is 3. The fourth-order valence-electron chi connectivity index (χ4n) is 2.08. The predicted octanol–water partition coefficient (Wildman–Crippen LogP) is 1.46. The minimum atomic E-state index is 0.489. The van der Waals surface area contributed by atoms with E-state index in [1.165, 1.54) is 0 Å². The summed E-state index contributed by atoms with van der Waals surface area (Å²) in [7, 11) is 2.17. The summed E-state index contributed by atoms with van der Waals surface area (Å²) in [4.78, 5) is 2.36. The molecule has 0 atom stereocenters. The molecule has 0 spiro atoms. The van der Waals surface area contributed by atoms with Crippen LogP contribution in [0.15, 0.2) is 30.3 Å². The second kappa shape index (κ2) is 4.64. The SMILES string of the molecule is CN1CCC(N(N)c2ccccc2)CC1. The Balaban J connectivity index is 1.99. The van der Waals surface area contributed by atoms with E-state index in [9.17, 15) is 0 Å². The van der Waals surface area contributed by atoms with Crippen LogP contribution >= 0.6 is 0 Å². The number of likely N-dealkylation sites (tertiary alicyclic amines) is 1. The van der Waals surface area contributed by atoms with Crippen molar-refractivity contribution in [2.45, 2.75) is 18.9 Å². The smallest absolute Gasteiger partial charge is 0.0520 e. The number of para-hydroxylation sites is 1. The number of benzene rings is 1.